The molecule has 1 aromatic rings. The second-order valence-electron chi connectivity index (χ2n) is 6.43. The van der Waals surface area contributed by atoms with Gasteiger partial charge in [-0.25, -0.2) is 0 Å². The summed E-state index contributed by atoms with van der Waals surface area (Å²) in [6.45, 7) is 5.96. The Bertz CT molecular complexity index is 417. The van der Waals surface area contributed by atoms with Crippen LogP contribution in [0.2, 0.25) is 0 Å². The summed E-state index contributed by atoms with van der Waals surface area (Å²) in [5, 5.41) is 0. The molecule has 2 nitrogen and oxygen atoms in total. The molecule has 1 aromatic carbocycles. The Morgan fingerprint density at radius 3 is 2.79 bits per heavy atom. The highest BCUT2D eigenvalue weighted by Gasteiger charge is 2.49. The van der Waals surface area contributed by atoms with Crippen LogP contribution in [-0.4, -0.2) is 18.3 Å². The molecule has 0 aromatic heterocycles. The number of ether oxygens (including phenoxy) is 2. The average Bonchev–Trinajstić information content (AvgIpc) is 2.69. The molecule has 4 unspecified atom stereocenters. The Hall–Kier alpha value is -0.860. The van der Waals surface area contributed by atoms with Crippen molar-refractivity contribution in [3.8, 4) is 0 Å². The summed E-state index contributed by atoms with van der Waals surface area (Å²) in [7, 11) is 0. The molecule has 1 aliphatic heterocycles. The molecule has 0 N–H and O–H groups in total. The number of benzene rings is 1. The van der Waals surface area contributed by atoms with E-state index in [1.54, 1.807) is 0 Å². The largest absolute Gasteiger partial charge is 0.374 e. The van der Waals surface area contributed by atoms with Crippen LogP contribution in [0.25, 0.3) is 0 Å². The first-order valence-corrected chi connectivity index (χ1v) is 7.47. The molecule has 1 aliphatic carbocycles. The maximum atomic E-state index is 6.30. The Morgan fingerprint density at radius 2 is 2.05 bits per heavy atom. The fourth-order valence-electron chi connectivity index (χ4n) is 3.54. The van der Waals surface area contributed by atoms with Crippen molar-refractivity contribution in [2.75, 3.05) is 6.61 Å². The highest BCUT2D eigenvalue weighted by molar-refractivity contribution is 5.13. The molecular formula is C17H24O2. The Kier molecular flexibility index (Phi) is 3.64. The summed E-state index contributed by atoms with van der Waals surface area (Å²) in [5.74, 6) is 1.40. The lowest BCUT2D eigenvalue weighted by atomic mass is 9.77. The predicted molar refractivity (Wildman–Crippen MR) is 75.9 cm³/mol. The van der Waals surface area contributed by atoms with Crippen molar-refractivity contribution in [2.24, 2.45) is 11.8 Å². The van der Waals surface area contributed by atoms with E-state index in [-0.39, 0.29) is 5.60 Å². The first kappa shape index (κ1) is 13.1. The van der Waals surface area contributed by atoms with Crippen molar-refractivity contribution in [2.45, 2.75) is 51.4 Å². The van der Waals surface area contributed by atoms with Crippen molar-refractivity contribution in [3.63, 3.8) is 0 Å². The Labute approximate surface area is 116 Å². The van der Waals surface area contributed by atoms with E-state index < -0.39 is 0 Å². The van der Waals surface area contributed by atoms with E-state index in [1.165, 1.54) is 24.8 Å². The fraction of sp³-hybridized carbons (Fsp3) is 0.647. The molecule has 0 radical (unpaired) electrons. The number of hydrogen-bond acceptors (Lipinski definition) is 2. The second-order valence-corrected chi connectivity index (χ2v) is 6.43. The van der Waals surface area contributed by atoms with Gasteiger partial charge in [0, 0.05) is 0 Å². The van der Waals surface area contributed by atoms with Gasteiger partial charge in [-0.3, -0.25) is 0 Å². The van der Waals surface area contributed by atoms with Gasteiger partial charge in [-0.2, -0.15) is 0 Å². The minimum atomic E-state index is -0.0653. The van der Waals surface area contributed by atoms with Crippen LogP contribution in [0.5, 0.6) is 0 Å². The summed E-state index contributed by atoms with van der Waals surface area (Å²) in [6, 6.07) is 10.4. The molecule has 3 rings (SSSR count). The zero-order valence-corrected chi connectivity index (χ0v) is 12.0. The van der Waals surface area contributed by atoms with Gasteiger partial charge in [-0.1, -0.05) is 37.3 Å². The van der Waals surface area contributed by atoms with Crippen LogP contribution in [0.15, 0.2) is 30.3 Å². The van der Waals surface area contributed by atoms with Crippen LogP contribution in [0, 0.1) is 11.8 Å². The van der Waals surface area contributed by atoms with Crippen LogP contribution >= 0.6 is 0 Å². The third-order valence-corrected chi connectivity index (χ3v) is 4.91. The van der Waals surface area contributed by atoms with Crippen LogP contribution in [0.4, 0.5) is 0 Å². The third-order valence-electron chi connectivity index (χ3n) is 4.91. The molecule has 1 heterocycles. The lowest BCUT2D eigenvalue weighted by molar-refractivity contribution is -0.100. The summed E-state index contributed by atoms with van der Waals surface area (Å²) in [4.78, 5) is 0. The molecule has 2 fully saturated rings. The second kappa shape index (κ2) is 5.26. The van der Waals surface area contributed by atoms with Gasteiger partial charge in [0.15, 0.2) is 0 Å². The summed E-state index contributed by atoms with van der Waals surface area (Å²) >= 11 is 0. The van der Waals surface area contributed by atoms with Crippen molar-refractivity contribution in [1.29, 1.82) is 0 Å². The van der Waals surface area contributed by atoms with Crippen molar-refractivity contribution < 1.29 is 9.47 Å². The van der Waals surface area contributed by atoms with E-state index in [9.17, 15) is 0 Å². The van der Waals surface area contributed by atoms with Gasteiger partial charge in [0.25, 0.3) is 0 Å². The molecule has 19 heavy (non-hydrogen) atoms. The van der Waals surface area contributed by atoms with E-state index in [4.69, 9.17) is 9.47 Å². The van der Waals surface area contributed by atoms with Crippen molar-refractivity contribution in [1.82, 2.24) is 0 Å². The van der Waals surface area contributed by atoms with Gasteiger partial charge in [0.1, 0.15) is 0 Å². The zero-order chi connectivity index (χ0) is 13.3. The van der Waals surface area contributed by atoms with Gasteiger partial charge < -0.3 is 9.47 Å². The van der Waals surface area contributed by atoms with Crippen molar-refractivity contribution >= 4 is 0 Å². The van der Waals surface area contributed by atoms with E-state index in [0.717, 1.165) is 6.61 Å². The van der Waals surface area contributed by atoms with E-state index in [1.807, 2.05) is 6.07 Å². The van der Waals surface area contributed by atoms with Crippen LogP contribution in [-0.2, 0) is 16.1 Å². The fourth-order valence-corrected chi connectivity index (χ4v) is 3.54. The standard InChI is InChI=1S/C17H24O2/c1-13-8-9-15-10-16(13)19-17(15,2)12-18-11-14-6-4-3-5-7-14/h3-7,13,15-16H,8-12H2,1-2H3. The molecule has 0 amide bonds. The molecule has 0 spiro atoms. The number of fused-ring (bicyclic) bond motifs is 2. The van der Waals surface area contributed by atoms with Gasteiger partial charge >= 0.3 is 0 Å². The van der Waals surface area contributed by atoms with Gasteiger partial charge in [-0.05, 0) is 43.6 Å². The van der Waals surface area contributed by atoms with Crippen LogP contribution in [0.3, 0.4) is 0 Å². The maximum Gasteiger partial charge on any atom is 0.0919 e. The lowest BCUT2D eigenvalue weighted by Crippen LogP contribution is -2.36. The molecular weight excluding hydrogens is 236 g/mol. The summed E-state index contributed by atoms with van der Waals surface area (Å²) in [5.41, 5.74) is 1.17. The van der Waals surface area contributed by atoms with E-state index >= 15 is 0 Å². The topological polar surface area (TPSA) is 18.5 Å². The summed E-state index contributed by atoms with van der Waals surface area (Å²) < 4.78 is 12.2. The smallest absolute Gasteiger partial charge is 0.0919 e. The highest BCUT2D eigenvalue weighted by Crippen LogP contribution is 2.47. The van der Waals surface area contributed by atoms with E-state index in [2.05, 4.69) is 38.1 Å². The SMILES string of the molecule is CC1CCC2CC1OC2(C)COCc1ccccc1. The molecule has 1 saturated carbocycles. The average molecular weight is 260 g/mol. The monoisotopic (exact) mass is 260 g/mol. The molecule has 1 saturated heterocycles. The molecule has 2 heteroatoms. The molecule has 2 bridgehead atoms. The minimum absolute atomic E-state index is 0.0653. The highest BCUT2D eigenvalue weighted by atomic mass is 16.6. The van der Waals surface area contributed by atoms with Gasteiger partial charge in [0.2, 0.25) is 0 Å². The maximum absolute atomic E-state index is 6.30. The van der Waals surface area contributed by atoms with Crippen molar-refractivity contribution in [3.05, 3.63) is 35.9 Å². The van der Waals surface area contributed by atoms with Gasteiger partial charge in [0.05, 0.1) is 24.9 Å². The van der Waals surface area contributed by atoms with E-state index in [0.29, 0.717) is 24.5 Å². The van der Waals surface area contributed by atoms with Gasteiger partial charge in [-0.15, -0.1) is 0 Å². The first-order chi connectivity index (χ1) is 9.17. The normalized spacial score (nSPS) is 37.5. The quantitative estimate of drug-likeness (QED) is 0.820. The number of rotatable bonds is 4. The molecule has 4 atom stereocenters. The minimum Gasteiger partial charge on any atom is -0.374 e. The Morgan fingerprint density at radius 1 is 1.26 bits per heavy atom. The van der Waals surface area contributed by atoms with Crippen LogP contribution in [0.1, 0.15) is 38.7 Å². The zero-order valence-electron chi connectivity index (χ0n) is 12.0. The third kappa shape index (κ3) is 2.70. The van der Waals surface area contributed by atoms with Crippen LogP contribution < -0.4 is 0 Å². The molecule has 104 valence electrons. The predicted octanol–water partition coefficient (Wildman–Crippen LogP) is 3.80. The lowest BCUT2D eigenvalue weighted by Gasteiger charge is -2.29. The summed E-state index contributed by atoms with van der Waals surface area (Å²) in [6.07, 6.45) is 4.29. The molecule has 2 aliphatic rings. The number of hydrogen-bond donors (Lipinski definition) is 0. The Balaban J connectivity index is 1.55. The first-order valence-electron chi connectivity index (χ1n) is 7.47.